The standard InChI is InChI=1S/C23H20FNO3S/c1-16-8-11-19(12-9-16)29(26,27)25-22-13-10-18(28-2)15-20(22)21(23(25)24)14-17-6-4-3-5-7-17/h3-13,15H,14H2,1-2H3. The van der Waals surface area contributed by atoms with Gasteiger partial charge in [-0.1, -0.05) is 48.0 Å². The van der Waals surface area contributed by atoms with Gasteiger partial charge in [-0.3, -0.25) is 0 Å². The van der Waals surface area contributed by atoms with Crippen molar-refractivity contribution in [2.75, 3.05) is 7.11 Å². The van der Waals surface area contributed by atoms with Crippen LogP contribution in [0.3, 0.4) is 0 Å². The molecule has 0 saturated heterocycles. The van der Waals surface area contributed by atoms with Crippen molar-refractivity contribution in [1.29, 1.82) is 0 Å². The van der Waals surface area contributed by atoms with E-state index in [1.54, 1.807) is 30.3 Å². The summed E-state index contributed by atoms with van der Waals surface area (Å²) in [6, 6.07) is 20.7. The molecular weight excluding hydrogens is 389 g/mol. The summed E-state index contributed by atoms with van der Waals surface area (Å²) in [5.41, 5.74) is 2.42. The number of rotatable bonds is 5. The topological polar surface area (TPSA) is 48.3 Å². The van der Waals surface area contributed by atoms with Crippen molar-refractivity contribution in [3.63, 3.8) is 0 Å². The summed E-state index contributed by atoms with van der Waals surface area (Å²) in [5, 5.41) is 0.515. The van der Waals surface area contributed by atoms with E-state index in [1.807, 2.05) is 37.3 Å². The molecule has 0 bridgehead atoms. The molecule has 0 saturated carbocycles. The maximum Gasteiger partial charge on any atom is 0.270 e. The largest absolute Gasteiger partial charge is 0.497 e. The number of nitrogens with zero attached hydrogens (tertiary/aromatic N) is 1. The summed E-state index contributed by atoms with van der Waals surface area (Å²) >= 11 is 0. The molecule has 0 aliphatic rings. The molecule has 0 atom stereocenters. The molecule has 0 radical (unpaired) electrons. The Labute approximate surface area is 169 Å². The Kier molecular flexibility index (Phi) is 4.88. The van der Waals surface area contributed by atoms with Gasteiger partial charge in [-0.2, -0.15) is 4.39 Å². The first-order chi connectivity index (χ1) is 13.9. The van der Waals surface area contributed by atoms with Gasteiger partial charge in [-0.15, -0.1) is 0 Å². The lowest BCUT2D eigenvalue weighted by Gasteiger charge is -2.09. The summed E-state index contributed by atoms with van der Waals surface area (Å²) in [7, 11) is -2.58. The minimum absolute atomic E-state index is 0.0426. The van der Waals surface area contributed by atoms with Crippen LogP contribution < -0.4 is 4.74 Å². The highest BCUT2D eigenvalue weighted by Gasteiger charge is 2.27. The van der Waals surface area contributed by atoms with Gasteiger partial charge < -0.3 is 4.74 Å². The zero-order valence-corrected chi connectivity index (χ0v) is 16.9. The molecule has 1 heterocycles. The van der Waals surface area contributed by atoms with Gasteiger partial charge in [0.2, 0.25) is 5.95 Å². The van der Waals surface area contributed by atoms with E-state index in [0.29, 0.717) is 16.7 Å². The molecule has 0 spiro atoms. The van der Waals surface area contributed by atoms with Crippen LogP contribution in [0.2, 0.25) is 0 Å². The van der Waals surface area contributed by atoms with Crippen LogP contribution in [0.15, 0.2) is 77.7 Å². The van der Waals surface area contributed by atoms with Crippen LogP contribution in [0, 0.1) is 12.9 Å². The number of halogens is 1. The third-order valence-corrected chi connectivity index (χ3v) is 6.66. The average Bonchev–Trinajstić information content (AvgIpc) is 3.00. The normalized spacial score (nSPS) is 11.7. The third-order valence-electron chi connectivity index (χ3n) is 4.96. The van der Waals surface area contributed by atoms with Gasteiger partial charge in [0.15, 0.2) is 0 Å². The lowest BCUT2D eigenvalue weighted by Crippen LogP contribution is -2.15. The van der Waals surface area contributed by atoms with Crippen molar-refractivity contribution in [2.45, 2.75) is 18.2 Å². The van der Waals surface area contributed by atoms with Crippen LogP contribution in [-0.2, 0) is 16.4 Å². The molecule has 148 valence electrons. The maximum atomic E-state index is 15.6. The molecule has 29 heavy (non-hydrogen) atoms. The van der Waals surface area contributed by atoms with Crippen molar-refractivity contribution < 1.29 is 17.5 Å². The van der Waals surface area contributed by atoms with Gasteiger partial charge in [0, 0.05) is 17.4 Å². The minimum Gasteiger partial charge on any atom is -0.497 e. The molecule has 0 aliphatic heterocycles. The van der Waals surface area contributed by atoms with E-state index in [2.05, 4.69) is 0 Å². The second-order valence-electron chi connectivity index (χ2n) is 6.90. The van der Waals surface area contributed by atoms with Crippen molar-refractivity contribution in [1.82, 2.24) is 3.97 Å². The first kappa shape index (κ1) is 19.2. The highest BCUT2D eigenvalue weighted by molar-refractivity contribution is 7.90. The molecular formula is C23H20FNO3S. The van der Waals surface area contributed by atoms with Crippen molar-refractivity contribution >= 4 is 20.9 Å². The number of aryl methyl sites for hydroxylation is 1. The summed E-state index contributed by atoms with van der Waals surface area (Å²) in [6.45, 7) is 1.87. The van der Waals surface area contributed by atoms with Gasteiger partial charge in [-0.25, -0.2) is 12.4 Å². The van der Waals surface area contributed by atoms with Crippen LogP contribution in [0.4, 0.5) is 4.39 Å². The molecule has 1 aromatic heterocycles. The Balaban J connectivity index is 1.97. The van der Waals surface area contributed by atoms with Gasteiger partial charge in [0.1, 0.15) is 5.75 Å². The molecule has 0 amide bonds. The van der Waals surface area contributed by atoms with Crippen LogP contribution >= 0.6 is 0 Å². The Morgan fingerprint density at radius 3 is 2.31 bits per heavy atom. The van der Waals surface area contributed by atoms with E-state index in [0.717, 1.165) is 15.1 Å². The maximum absolute atomic E-state index is 15.6. The molecule has 4 rings (SSSR count). The van der Waals surface area contributed by atoms with Gasteiger partial charge >= 0.3 is 0 Å². The summed E-state index contributed by atoms with van der Waals surface area (Å²) < 4.78 is 48.3. The number of hydrogen-bond donors (Lipinski definition) is 0. The second-order valence-corrected chi connectivity index (χ2v) is 8.68. The first-order valence-corrected chi connectivity index (χ1v) is 10.6. The smallest absolute Gasteiger partial charge is 0.270 e. The summed E-state index contributed by atoms with van der Waals surface area (Å²) in [5.74, 6) is -0.241. The molecule has 3 aromatic carbocycles. The average molecular weight is 409 g/mol. The lowest BCUT2D eigenvalue weighted by molar-refractivity contribution is 0.415. The first-order valence-electron chi connectivity index (χ1n) is 9.15. The predicted molar refractivity (Wildman–Crippen MR) is 111 cm³/mol. The van der Waals surface area contributed by atoms with Crippen LogP contribution in [0.25, 0.3) is 10.9 Å². The molecule has 4 nitrogen and oxygen atoms in total. The number of benzene rings is 3. The highest BCUT2D eigenvalue weighted by atomic mass is 32.2. The summed E-state index contributed by atoms with van der Waals surface area (Å²) in [4.78, 5) is 0.0426. The van der Waals surface area contributed by atoms with Crippen LogP contribution in [0.5, 0.6) is 5.75 Å². The molecule has 4 aromatic rings. The highest BCUT2D eigenvalue weighted by Crippen LogP contribution is 2.33. The van der Waals surface area contributed by atoms with Crippen molar-refractivity contribution in [3.8, 4) is 5.75 Å². The van der Waals surface area contributed by atoms with Crippen molar-refractivity contribution in [2.24, 2.45) is 0 Å². The molecule has 0 N–H and O–H groups in total. The van der Waals surface area contributed by atoms with E-state index in [1.165, 1.54) is 19.2 Å². The van der Waals surface area contributed by atoms with Crippen molar-refractivity contribution in [3.05, 3.63) is 95.4 Å². The van der Waals surface area contributed by atoms with E-state index in [4.69, 9.17) is 4.74 Å². The number of methoxy groups -OCH3 is 1. The van der Waals surface area contributed by atoms with E-state index in [9.17, 15) is 8.42 Å². The third kappa shape index (κ3) is 3.40. The minimum atomic E-state index is -4.10. The van der Waals surface area contributed by atoms with E-state index in [-0.39, 0.29) is 16.8 Å². The Morgan fingerprint density at radius 1 is 0.966 bits per heavy atom. The Morgan fingerprint density at radius 2 is 1.66 bits per heavy atom. The van der Waals surface area contributed by atoms with E-state index >= 15 is 4.39 Å². The fraction of sp³-hybridized carbons (Fsp3) is 0.130. The molecule has 0 unspecified atom stereocenters. The monoisotopic (exact) mass is 409 g/mol. The molecule has 0 aliphatic carbocycles. The SMILES string of the molecule is COc1ccc2c(c1)c(Cc1ccccc1)c(F)n2S(=O)(=O)c1ccc(C)cc1. The van der Waals surface area contributed by atoms with Gasteiger partial charge in [0.05, 0.1) is 17.5 Å². The fourth-order valence-electron chi connectivity index (χ4n) is 3.42. The summed E-state index contributed by atoms with van der Waals surface area (Å²) in [6.07, 6.45) is 0.271. The number of fused-ring (bicyclic) bond motifs is 1. The lowest BCUT2D eigenvalue weighted by atomic mass is 10.0. The Hall–Kier alpha value is -3.12. The van der Waals surface area contributed by atoms with E-state index < -0.39 is 16.0 Å². The molecule has 0 fully saturated rings. The zero-order valence-electron chi connectivity index (χ0n) is 16.1. The second kappa shape index (κ2) is 7.37. The quantitative estimate of drug-likeness (QED) is 0.470. The molecule has 6 heteroatoms. The van der Waals surface area contributed by atoms with Gasteiger partial charge in [-0.05, 0) is 42.8 Å². The predicted octanol–water partition coefficient (Wildman–Crippen LogP) is 4.93. The van der Waals surface area contributed by atoms with Crippen LogP contribution in [-0.4, -0.2) is 19.5 Å². The number of ether oxygens (including phenoxy) is 1. The number of hydrogen-bond acceptors (Lipinski definition) is 3. The van der Waals surface area contributed by atoms with Gasteiger partial charge in [0.25, 0.3) is 10.0 Å². The Bertz CT molecular complexity index is 1280. The fourth-order valence-corrected chi connectivity index (χ4v) is 4.85. The zero-order chi connectivity index (χ0) is 20.6. The van der Waals surface area contributed by atoms with Crippen LogP contribution in [0.1, 0.15) is 16.7 Å². The number of aromatic nitrogens is 1.